The van der Waals surface area contributed by atoms with Crippen LogP contribution in [0.4, 0.5) is 0 Å². The summed E-state index contributed by atoms with van der Waals surface area (Å²) in [6, 6.07) is -0.467. The van der Waals surface area contributed by atoms with Crippen LogP contribution in [0.1, 0.15) is 57.8 Å². The minimum atomic E-state index is -4.08. The second kappa shape index (κ2) is 7.15. The van der Waals surface area contributed by atoms with Gasteiger partial charge in [-0.2, -0.15) is 8.42 Å². The van der Waals surface area contributed by atoms with Gasteiger partial charge in [0.25, 0.3) is 0 Å². The summed E-state index contributed by atoms with van der Waals surface area (Å²) in [6.07, 6.45) is 7.25. The number of hydrogen-bond acceptors (Lipinski definition) is 6. The maximum atomic E-state index is 11.9. The molecule has 0 bridgehead atoms. The molecule has 0 aliphatic heterocycles. The standard InChI is InChI=1S/C12H24N2O4S.H2O/c13-11-8-4-5-9-12(11,14)18-19(15,16)17-10-6-2-1-3-7-10;/h10-11H,1-9,13-14H2;1H2. The Balaban J connectivity index is 0.00000200. The molecule has 2 unspecified atom stereocenters. The van der Waals surface area contributed by atoms with Crippen LogP contribution >= 0.6 is 0 Å². The summed E-state index contributed by atoms with van der Waals surface area (Å²) < 4.78 is 34.1. The molecule has 0 amide bonds. The van der Waals surface area contributed by atoms with Crippen LogP contribution < -0.4 is 11.5 Å². The van der Waals surface area contributed by atoms with Gasteiger partial charge in [-0.1, -0.05) is 25.7 Å². The van der Waals surface area contributed by atoms with Gasteiger partial charge in [0.1, 0.15) is 0 Å². The first kappa shape index (κ1) is 17.8. The molecule has 2 fully saturated rings. The maximum absolute atomic E-state index is 11.9. The van der Waals surface area contributed by atoms with Gasteiger partial charge in [0, 0.05) is 6.04 Å². The molecule has 20 heavy (non-hydrogen) atoms. The molecular formula is C12H26N2O5S. The zero-order valence-corrected chi connectivity index (χ0v) is 12.5. The first-order valence-electron chi connectivity index (χ1n) is 7.10. The van der Waals surface area contributed by atoms with Crippen LogP contribution in [-0.2, 0) is 18.8 Å². The van der Waals surface area contributed by atoms with Crippen molar-refractivity contribution in [1.82, 2.24) is 0 Å². The van der Waals surface area contributed by atoms with Crippen molar-refractivity contribution >= 4 is 10.4 Å². The van der Waals surface area contributed by atoms with Gasteiger partial charge in [-0.15, -0.1) is 0 Å². The van der Waals surface area contributed by atoms with Gasteiger partial charge >= 0.3 is 10.4 Å². The predicted molar refractivity (Wildman–Crippen MR) is 74.9 cm³/mol. The second-order valence-corrected chi connectivity index (χ2v) is 6.83. The van der Waals surface area contributed by atoms with Crippen molar-refractivity contribution in [2.75, 3.05) is 0 Å². The van der Waals surface area contributed by atoms with Crippen LogP contribution in [0.5, 0.6) is 0 Å². The van der Waals surface area contributed by atoms with E-state index in [2.05, 4.69) is 0 Å². The molecule has 0 spiro atoms. The Morgan fingerprint density at radius 3 is 2.20 bits per heavy atom. The summed E-state index contributed by atoms with van der Waals surface area (Å²) in [5.74, 6) is 0. The Kier molecular flexibility index (Phi) is 6.36. The highest BCUT2D eigenvalue weighted by molar-refractivity contribution is 7.81. The third kappa shape index (κ3) is 4.64. The van der Waals surface area contributed by atoms with E-state index < -0.39 is 22.2 Å². The van der Waals surface area contributed by atoms with Crippen molar-refractivity contribution in [3.05, 3.63) is 0 Å². The quantitative estimate of drug-likeness (QED) is 0.718. The summed E-state index contributed by atoms with van der Waals surface area (Å²) in [5, 5.41) is 0. The lowest BCUT2D eigenvalue weighted by Crippen LogP contribution is -2.59. The van der Waals surface area contributed by atoms with Crippen molar-refractivity contribution in [2.45, 2.75) is 75.7 Å². The molecule has 6 N–H and O–H groups in total. The fourth-order valence-electron chi connectivity index (χ4n) is 2.84. The molecule has 0 saturated heterocycles. The summed E-state index contributed by atoms with van der Waals surface area (Å²) in [4.78, 5) is 0. The van der Waals surface area contributed by atoms with Gasteiger partial charge in [0.05, 0.1) is 6.10 Å². The minimum absolute atomic E-state index is 0. The zero-order valence-electron chi connectivity index (χ0n) is 11.7. The number of hydrogen-bond donors (Lipinski definition) is 2. The summed E-state index contributed by atoms with van der Waals surface area (Å²) in [5.41, 5.74) is 10.6. The Hall–Kier alpha value is -0.250. The Bertz CT molecular complexity index is 397. The van der Waals surface area contributed by atoms with Crippen molar-refractivity contribution < 1.29 is 22.3 Å². The Labute approximate surface area is 120 Å². The third-order valence-corrected chi connectivity index (χ3v) is 5.05. The molecule has 0 aromatic carbocycles. The van der Waals surface area contributed by atoms with E-state index in [1.165, 1.54) is 0 Å². The summed E-state index contributed by atoms with van der Waals surface area (Å²) in [6.45, 7) is 0. The normalized spacial score (nSPS) is 32.6. The smallest absolute Gasteiger partial charge is 0.401 e. The Morgan fingerprint density at radius 1 is 1.00 bits per heavy atom. The SMILES string of the molecule is NC1CCCCC1(N)OS(=O)(=O)OC1CCCCC1.O. The van der Waals surface area contributed by atoms with E-state index >= 15 is 0 Å². The molecule has 8 heteroatoms. The lowest BCUT2D eigenvalue weighted by molar-refractivity contribution is -0.00131. The zero-order chi connectivity index (χ0) is 13.9. The highest BCUT2D eigenvalue weighted by atomic mass is 32.3. The second-order valence-electron chi connectivity index (χ2n) is 5.66. The molecule has 0 aromatic rings. The molecule has 120 valence electrons. The average molecular weight is 310 g/mol. The molecular weight excluding hydrogens is 284 g/mol. The molecule has 2 aliphatic carbocycles. The van der Waals surface area contributed by atoms with Crippen molar-refractivity contribution in [3.63, 3.8) is 0 Å². The molecule has 0 heterocycles. The monoisotopic (exact) mass is 310 g/mol. The Morgan fingerprint density at radius 2 is 1.60 bits per heavy atom. The van der Waals surface area contributed by atoms with Gasteiger partial charge in [0.2, 0.25) is 0 Å². The van der Waals surface area contributed by atoms with E-state index in [-0.39, 0.29) is 11.6 Å². The van der Waals surface area contributed by atoms with Crippen molar-refractivity contribution in [3.8, 4) is 0 Å². The predicted octanol–water partition coefficient (Wildman–Crippen LogP) is 0.329. The molecule has 0 radical (unpaired) electrons. The van der Waals surface area contributed by atoms with E-state index in [0.29, 0.717) is 12.8 Å². The molecule has 7 nitrogen and oxygen atoms in total. The maximum Gasteiger partial charge on any atom is 0.401 e. The van der Waals surface area contributed by atoms with Crippen LogP contribution in [0.15, 0.2) is 0 Å². The highest BCUT2D eigenvalue weighted by Gasteiger charge is 2.41. The summed E-state index contributed by atoms with van der Waals surface area (Å²) in [7, 11) is -4.08. The lowest BCUT2D eigenvalue weighted by atomic mass is 9.88. The van der Waals surface area contributed by atoms with E-state index in [9.17, 15) is 8.42 Å². The van der Waals surface area contributed by atoms with E-state index in [0.717, 1.165) is 44.9 Å². The topological polar surface area (TPSA) is 136 Å². The van der Waals surface area contributed by atoms with Crippen LogP contribution in [0.2, 0.25) is 0 Å². The molecule has 2 aliphatic rings. The summed E-state index contributed by atoms with van der Waals surface area (Å²) >= 11 is 0. The van der Waals surface area contributed by atoms with Crippen LogP contribution in [0.25, 0.3) is 0 Å². The average Bonchev–Trinajstić information content (AvgIpc) is 2.33. The van der Waals surface area contributed by atoms with E-state index in [4.69, 9.17) is 19.8 Å². The van der Waals surface area contributed by atoms with E-state index in [1.807, 2.05) is 0 Å². The lowest BCUT2D eigenvalue weighted by Gasteiger charge is -2.37. The van der Waals surface area contributed by atoms with E-state index in [1.54, 1.807) is 0 Å². The van der Waals surface area contributed by atoms with Gasteiger partial charge < -0.3 is 16.9 Å². The highest BCUT2D eigenvalue weighted by Crippen LogP contribution is 2.29. The van der Waals surface area contributed by atoms with Gasteiger partial charge in [-0.05, 0) is 32.1 Å². The minimum Gasteiger partial charge on any atom is -0.412 e. The molecule has 0 aromatic heterocycles. The third-order valence-electron chi connectivity index (χ3n) is 4.02. The molecule has 2 saturated carbocycles. The first-order chi connectivity index (χ1) is 8.91. The van der Waals surface area contributed by atoms with Crippen LogP contribution in [0.3, 0.4) is 0 Å². The first-order valence-corrected chi connectivity index (χ1v) is 8.43. The number of nitrogens with two attached hydrogens (primary N) is 2. The molecule has 2 rings (SSSR count). The number of rotatable bonds is 4. The fourth-order valence-corrected chi connectivity index (χ4v) is 3.99. The van der Waals surface area contributed by atoms with Gasteiger partial charge in [0.15, 0.2) is 5.72 Å². The van der Waals surface area contributed by atoms with Crippen molar-refractivity contribution in [1.29, 1.82) is 0 Å². The fraction of sp³-hybridized carbons (Fsp3) is 1.00. The molecule has 2 atom stereocenters. The largest absolute Gasteiger partial charge is 0.412 e. The van der Waals surface area contributed by atoms with Crippen molar-refractivity contribution in [2.24, 2.45) is 11.5 Å². The van der Waals surface area contributed by atoms with Crippen LogP contribution in [0, 0.1) is 0 Å². The van der Waals surface area contributed by atoms with Gasteiger partial charge in [-0.25, -0.2) is 8.37 Å². The van der Waals surface area contributed by atoms with Crippen LogP contribution in [-0.4, -0.2) is 31.8 Å². The van der Waals surface area contributed by atoms with Gasteiger partial charge in [-0.3, -0.25) is 0 Å².